The molecule has 0 saturated carbocycles. The van der Waals surface area contributed by atoms with E-state index in [0.717, 1.165) is 30.5 Å². The molecule has 0 aliphatic rings. The number of benzene rings is 2. The van der Waals surface area contributed by atoms with Gasteiger partial charge in [-0.15, -0.1) is 0 Å². The van der Waals surface area contributed by atoms with E-state index in [2.05, 4.69) is 32.8 Å². The first-order valence-electron chi connectivity index (χ1n) is 8.36. The highest BCUT2D eigenvalue weighted by molar-refractivity contribution is 9.10. The second-order valence-electron chi connectivity index (χ2n) is 6.06. The standard InChI is InChI=1S/C20H12BrF3N4O2S/c21-15-4-2-13(8-17(15)23)31(29,30)28-18-6-5-16(22)14(19(18)24)3-1-11-7-12(9-25)20(26)27-10-11/h2,4-10,25,28H,(H2,26,27). The first-order chi connectivity index (χ1) is 14.6. The van der Waals surface area contributed by atoms with Crippen molar-refractivity contribution in [2.75, 3.05) is 10.5 Å². The number of rotatable bonds is 4. The first-order valence-corrected chi connectivity index (χ1v) is 10.6. The highest BCUT2D eigenvalue weighted by atomic mass is 79.9. The van der Waals surface area contributed by atoms with Gasteiger partial charge < -0.3 is 11.1 Å². The third-order valence-electron chi connectivity index (χ3n) is 3.97. The molecule has 11 heteroatoms. The van der Waals surface area contributed by atoms with E-state index < -0.39 is 43.6 Å². The molecule has 0 fully saturated rings. The van der Waals surface area contributed by atoms with Crippen LogP contribution in [0.3, 0.4) is 0 Å². The number of hydrogen-bond donors (Lipinski definition) is 3. The molecule has 158 valence electrons. The van der Waals surface area contributed by atoms with Gasteiger partial charge >= 0.3 is 0 Å². The number of hydrogen-bond acceptors (Lipinski definition) is 5. The van der Waals surface area contributed by atoms with Crippen molar-refractivity contribution in [3.8, 4) is 11.8 Å². The fraction of sp³-hybridized carbons (Fsp3) is 0. The maximum atomic E-state index is 14.8. The van der Waals surface area contributed by atoms with E-state index in [1.807, 2.05) is 4.72 Å². The van der Waals surface area contributed by atoms with E-state index in [-0.39, 0.29) is 21.4 Å². The summed E-state index contributed by atoms with van der Waals surface area (Å²) in [5, 5.41) is 7.25. The number of aromatic nitrogens is 1. The summed E-state index contributed by atoms with van der Waals surface area (Å²) in [6, 6.07) is 6.20. The van der Waals surface area contributed by atoms with Crippen LogP contribution in [0.1, 0.15) is 16.7 Å². The van der Waals surface area contributed by atoms with E-state index in [9.17, 15) is 21.6 Å². The maximum absolute atomic E-state index is 14.8. The van der Waals surface area contributed by atoms with Gasteiger partial charge in [0.2, 0.25) is 0 Å². The van der Waals surface area contributed by atoms with Gasteiger partial charge in [0, 0.05) is 23.5 Å². The molecule has 0 radical (unpaired) electrons. The van der Waals surface area contributed by atoms with E-state index in [1.165, 1.54) is 18.3 Å². The number of nitrogens with one attached hydrogen (secondary N) is 2. The van der Waals surface area contributed by atoms with Gasteiger partial charge in [0.1, 0.15) is 17.5 Å². The number of sulfonamides is 1. The van der Waals surface area contributed by atoms with Gasteiger partial charge in [0.05, 0.1) is 20.6 Å². The van der Waals surface area contributed by atoms with Gasteiger partial charge in [-0.1, -0.05) is 11.8 Å². The van der Waals surface area contributed by atoms with Crippen LogP contribution in [-0.2, 0) is 10.0 Å². The number of nitrogens with two attached hydrogens (primary N) is 1. The Morgan fingerprint density at radius 3 is 2.52 bits per heavy atom. The molecule has 3 aromatic rings. The van der Waals surface area contributed by atoms with E-state index in [1.54, 1.807) is 0 Å². The Kier molecular flexibility index (Phi) is 6.33. The van der Waals surface area contributed by atoms with E-state index in [4.69, 9.17) is 11.1 Å². The van der Waals surface area contributed by atoms with Gasteiger partial charge in [-0.25, -0.2) is 26.6 Å². The zero-order valence-electron chi connectivity index (χ0n) is 15.4. The second kappa shape index (κ2) is 8.79. The minimum atomic E-state index is -4.36. The van der Waals surface area contributed by atoms with Crippen molar-refractivity contribution in [1.82, 2.24) is 4.98 Å². The Hall–Kier alpha value is -3.36. The molecular weight excluding hydrogens is 497 g/mol. The van der Waals surface area contributed by atoms with Crippen LogP contribution >= 0.6 is 15.9 Å². The highest BCUT2D eigenvalue weighted by Gasteiger charge is 2.20. The zero-order valence-corrected chi connectivity index (χ0v) is 17.8. The lowest BCUT2D eigenvalue weighted by Gasteiger charge is -2.10. The molecule has 3 rings (SSSR count). The SMILES string of the molecule is N=Cc1cc(C#Cc2c(F)ccc(NS(=O)(=O)c3ccc(Br)c(F)c3)c2F)cnc1N. The summed E-state index contributed by atoms with van der Waals surface area (Å²) in [6.45, 7) is 0. The van der Waals surface area contributed by atoms with Crippen LogP contribution in [0.4, 0.5) is 24.7 Å². The Labute approximate surface area is 184 Å². The fourth-order valence-corrected chi connectivity index (χ4v) is 3.72. The minimum absolute atomic E-state index is 0.0558. The lowest BCUT2D eigenvalue weighted by molar-refractivity contribution is 0.577. The molecule has 0 unspecified atom stereocenters. The van der Waals surface area contributed by atoms with Crippen LogP contribution in [0.5, 0.6) is 0 Å². The largest absolute Gasteiger partial charge is 0.383 e. The van der Waals surface area contributed by atoms with Crippen LogP contribution in [0.25, 0.3) is 0 Å². The monoisotopic (exact) mass is 508 g/mol. The van der Waals surface area contributed by atoms with Crippen molar-refractivity contribution < 1.29 is 21.6 Å². The summed E-state index contributed by atoms with van der Waals surface area (Å²) in [7, 11) is -4.36. The van der Waals surface area contributed by atoms with Crippen LogP contribution < -0.4 is 10.5 Å². The minimum Gasteiger partial charge on any atom is -0.383 e. The number of halogens is 4. The van der Waals surface area contributed by atoms with Crippen LogP contribution in [0.2, 0.25) is 0 Å². The number of nitrogen functional groups attached to an aromatic ring is 1. The molecule has 0 bridgehead atoms. The Bertz CT molecular complexity index is 1370. The molecule has 0 aliphatic carbocycles. The molecule has 0 aliphatic heterocycles. The summed E-state index contributed by atoms with van der Waals surface area (Å²) in [6.07, 6.45) is 2.22. The summed E-state index contributed by atoms with van der Waals surface area (Å²) < 4.78 is 69.6. The van der Waals surface area contributed by atoms with Crippen molar-refractivity contribution in [1.29, 1.82) is 5.41 Å². The fourth-order valence-electron chi connectivity index (χ4n) is 2.40. The molecule has 0 amide bonds. The van der Waals surface area contributed by atoms with Crippen molar-refractivity contribution in [2.24, 2.45) is 0 Å². The molecular formula is C20H12BrF3N4O2S. The van der Waals surface area contributed by atoms with Gasteiger partial charge in [0.15, 0.2) is 5.82 Å². The lowest BCUT2D eigenvalue weighted by Crippen LogP contribution is -2.15. The van der Waals surface area contributed by atoms with Crippen molar-refractivity contribution in [3.63, 3.8) is 0 Å². The van der Waals surface area contributed by atoms with Crippen molar-refractivity contribution in [3.05, 3.63) is 81.2 Å². The molecule has 0 spiro atoms. The van der Waals surface area contributed by atoms with Gasteiger partial charge in [-0.3, -0.25) is 4.72 Å². The van der Waals surface area contributed by atoms with Crippen molar-refractivity contribution >= 4 is 43.7 Å². The number of pyridine rings is 1. The predicted molar refractivity (Wildman–Crippen MR) is 114 cm³/mol. The lowest BCUT2D eigenvalue weighted by atomic mass is 10.1. The normalized spacial score (nSPS) is 10.8. The van der Waals surface area contributed by atoms with E-state index >= 15 is 0 Å². The van der Waals surface area contributed by atoms with Crippen LogP contribution in [0, 0.1) is 34.7 Å². The predicted octanol–water partition coefficient (Wildman–Crippen LogP) is 4.04. The Balaban J connectivity index is 1.98. The Morgan fingerprint density at radius 1 is 1.10 bits per heavy atom. The molecule has 6 nitrogen and oxygen atoms in total. The molecule has 0 atom stereocenters. The van der Waals surface area contributed by atoms with Gasteiger partial charge in [-0.05, 0) is 52.3 Å². The second-order valence-corrected chi connectivity index (χ2v) is 8.59. The molecule has 0 saturated heterocycles. The van der Waals surface area contributed by atoms with Crippen molar-refractivity contribution in [2.45, 2.75) is 4.90 Å². The Morgan fingerprint density at radius 2 is 1.84 bits per heavy atom. The summed E-state index contributed by atoms with van der Waals surface area (Å²) in [5.41, 5.74) is 4.84. The third-order valence-corrected chi connectivity index (χ3v) is 5.98. The molecule has 31 heavy (non-hydrogen) atoms. The van der Waals surface area contributed by atoms with Gasteiger partial charge in [0.25, 0.3) is 10.0 Å². The summed E-state index contributed by atoms with van der Waals surface area (Å²) >= 11 is 2.91. The van der Waals surface area contributed by atoms with Gasteiger partial charge in [-0.2, -0.15) is 0 Å². The zero-order chi connectivity index (χ0) is 22.8. The average Bonchev–Trinajstić information content (AvgIpc) is 2.73. The molecule has 1 heterocycles. The summed E-state index contributed by atoms with van der Waals surface area (Å²) in [4.78, 5) is 3.38. The van der Waals surface area contributed by atoms with Crippen LogP contribution in [0.15, 0.2) is 52.0 Å². The number of anilines is 2. The van der Waals surface area contributed by atoms with E-state index in [0.29, 0.717) is 0 Å². The quantitative estimate of drug-likeness (QED) is 0.365. The third kappa shape index (κ3) is 4.87. The molecule has 2 aromatic carbocycles. The highest BCUT2D eigenvalue weighted by Crippen LogP contribution is 2.25. The first kappa shape index (κ1) is 22.3. The maximum Gasteiger partial charge on any atom is 0.262 e. The number of nitrogens with zero attached hydrogens (tertiary/aromatic N) is 1. The average molecular weight is 509 g/mol. The molecule has 1 aromatic heterocycles. The molecule has 4 N–H and O–H groups in total. The topological polar surface area (TPSA) is 109 Å². The summed E-state index contributed by atoms with van der Waals surface area (Å²) in [5.74, 6) is 1.80. The smallest absolute Gasteiger partial charge is 0.262 e. The van der Waals surface area contributed by atoms with Crippen LogP contribution in [-0.4, -0.2) is 19.6 Å².